The van der Waals surface area contributed by atoms with Crippen LogP contribution in [0.2, 0.25) is 10.0 Å². The molecular formula is C22H12Cl2N4O2S. The molecule has 0 bridgehead atoms. The van der Waals surface area contributed by atoms with Gasteiger partial charge in [0, 0.05) is 10.4 Å². The summed E-state index contributed by atoms with van der Waals surface area (Å²) < 4.78 is 5.60. The van der Waals surface area contributed by atoms with Crippen LogP contribution in [0.25, 0.3) is 32.9 Å². The third-order valence-corrected chi connectivity index (χ3v) is 6.00. The van der Waals surface area contributed by atoms with Gasteiger partial charge in [-0.15, -0.1) is 16.4 Å². The van der Waals surface area contributed by atoms with E-state index >= 15 is 0 Å². The maximum Gasteiger partial charge on any atom is 0.322 e. The first-order chi connectivity index (χ1) is 15.1. The molecular weight excluding hydrogens is 455 g/mol. The average Bonchev–Trinajstić information content (AvgIpc) is 3.47. The molecule has 0 spiro atoms. The molecule has 3 heterocycles. The van der Waals surface area contributed by atoms with Gasteiger partial charge in [0.25, 0.3) is 11.8 Å². The minimum Gasteiger partial charge on any atom is -0.403 e. The first-order valence-electron chi connectivity index (χ1n) is 9.12. The quantitative estimate of drug-likeness (QED) is 0.323. The predicted octanol–water partition coefficient (Wildman–Crippen LogP) is 6.57. The maximum absolute atomic E-state index is 13.1. The van der Waals surface area contributed by atoms with Crippen molar-refractivity contribution in [2.24, 2.45) is 0 Å². The van der Waals surface area contributed by atoms with Crippen molar-refractivity contribution >= 4 is 57.4 Å². The van der Waals surface area contributed by atoms with Crippen molar-refractivity contribution in [1.29, 1.82) is 0 Å². The molecule has 0 aliphatic heterocycles. The second kappa shape index (κ2) is 8.11. The highest BCUT2D eigenvalue weighted by Crippen LogP contribution is 2.31. The molecule has 6 nitrogen and oxygen atoms in total. The van der Waals surface area contributed by atoms with Gasteiger partial charge in [0.1, 0.15) is 0 Å². The zero-order valence-electron chi connectivity index (χ0n) is 15.7. The zero-order valence-corrected chi connectivity index (χ0v) is 18.0. The third kappa shape index (κ3) is 3.90. The number of benzene rings is 2. The number of anilines is 1. The Labute approximate surface area is 190 Å². The Kier molecular flexibility index (Phi) is 5.15. The molecule has 1 amide bonds. The topological polar surface area (TPSA) is 80.9 Å². The number of nitrogens with zero attached hydrogens (tertiary/aromatic N) is 3. The standard InChI is InChI=1S/C22H12Cl2N4O2S/c23-12-7-8-16(24)15(10-12)21-27-28-22(30-21)26-20(29)14-11-18(19-6-3-9-31-19)25-17-5-2-1-4-13(14)17/h1-11H,(H,26,28,29). The van der Waals surface area contributed by atoms with Gasteiger partial charge in [0.15, 0.2) is 0 Å². The molecule has 0 radical (unpaired) electrons. The summed E-state index contributed by atoms with van der Waals surface area (Å²) in [5.41, 5.74) is 2.37. The Hall–Kier alpha value is -3.26. The predicted molar refractivity (Wildman–Crippen MR) is 123 cm³/mol. The molecule has 2 aromatic carbocycles. The molecule has 0 aliphatic rings. The van der Waals surface area contributed by atoms with E-state index in [2.05, 4.69) is 20.5 Å². The number of carbonyl (C=O) groups excluding carboxylic acids is 1. The Bertz CT molecular complexity index is 1420. The molecule has 0 atom stereocenters. The van der Waals surface area contributed by atoms with Gasteiger partial charge in [-0.3, -0.25) is 10.1 Å². The molecule has 0 saturated heterocycles. The van der Waals surface area contributed by atoms with Crippen LogP contribution < -0.4 is 5.32 Å². The smallest absolute Gasteiger partial charge is 0.322 e. The minimum absolute atomic E-state index is 0.0467. The number of carbonyl (C=O) groups is 1. The van der Waals surface area contributed by atoms with E-state index < -0.39 is 0 Å². The second-order valence-electron chi connectivity index (χ2n) is 6.54. The van der Waals surface area contributed by atoms with Crippen LogP contribution in [-0.4, -0.2) is 21.1 Å². The highest BCUT2D eigenvalue weighted by atomic mass is 35.5. The van der Waals surface area contributed by atoms with Crippen LogP contribution in [0.5, 0.6) is 0 Å². The molecule has 5 rings (SSSR count). The van der Waals surface area contributed by atoms with E-state index in [-0.39, 0.29) is 17.8 Å². The van der Waals surface area contributed by atoms with Gasteiger partial charge in [-0.2, -0.15) is 0 Å². The summed E-state index contributed by atoms with van der Waals surface area (Å²) in [6.07, 6.45) is 0. The van der Waals surface area contributed by atoms with Crippen molar-refractivity contribution in [2.75, 3.05) is 5.32 Å². The lowest BCUT2D eigenvalue weighted by atomic mass is 10.1. The Morgan fingerprint density at radius 1 is 1.00 bits per heavy atom. The van der Waals surface area contributed by atoms with Crippen LogP contribution in [0.15, 0.2) is 70.5 Å². The summed E-state index contributed by atoms with van der Waals surface area (Å²) in [5.74, 6) is -0.231. The highest BCUT2D eigenvalue weighted by molar-refractivity contribution is 7.13. The molecule has 9 heteroatoms. The lowest BCUT2D eigenvalue weighted by molar-refractivity contribution is 0.102. The van der Waals surface area contributed by atoms with Crippen molar-refractivity contribution in [2.45, 2.75) is 0 Å². The number of fused-ring (bicyclic) bond motifs is 1. The summed E-state index contributed by atoms with van der Waals surface area (Å²) in [6, 6.07) is 18.0. The van der Waals surface area contributed by atoms with Crippen molar-refractivity contribution in [1.82, 2.24) is 15.2 Å². The number of amides is 1. The Balaban J connectivity index is 1.50. The number of thiophene rings is 1. The summed E-state index contributed by atoms with van der Waals surface area (Å²) in [6.45, 7) is 0. The van der Waals surface area contributed by atoms with E-state index in [0.717, 1.165) is 21.5 Å². The van der Waals surface area contributed by atoms with E-state index in [1.54, 1.807) is 35.6 Å². The molecule has 0 aliphatic carbocycles. The molecule has 31 heavy (non-hydrogen) atoms. The van der Waals surface area contributed by atoms with E-state index in [9.17, 15) is 4.79 Å². The SMILES string of the molecule is O=C(Nc1nnc(-c2cc(Cl)ccc2Cl)o1)c1cc(-c2cccs2)nc2ccccc12. The van der Waals surface area contributed by atoms with Crippen LogP contribution in [0.3, 0.4) is 0 Å². The van der Waals surface area contributed by atoms with Crippen LogP contribution >= 0.6 is 34.5 Å². The number of hydrogen-bond donors (Lipinski definition) is 1. The van der Waals surface area contributed by atoms with Crippen LogP contribution in [-0.2, 0) is 0 Å². The molecule has 3 aromatic heterocycles. The van der Waals surface area contributed by atoms with Gasteiger partial charge in [0.2, 0.25) is 0 Å². The van der Waals surface area contributed by atoms with Gasteiger partial charge in [-0.1, -0.05) is 52.6 Å². The molecule has 0 saturated carbocycles. The normalized spacial score (nSPS) is 11.0. The molecule has 0 unspecified atom stereocenters. The fourth-order valence-electron chi connectivity index (χ4n) is 3.12. The fraction of sp³-hybridized carbons (Fsp3) is 0. The van der Waals surface area contributed by atoms with Crippen molar-refractivity contribution in [3.63, 3.8) is 0 Å². The molecule has 0 fully saturated rings. The maximum atomic E-state index is 13.1. The lowest BCUT2D eigenvalue weighted by Crippen LogP contribution is -2.13. The monoisotopic (exact) mass is 466 g/mol. The summed E-state index contributed by atoms with van der Waals surface area (Å²) in [7, 11) is 0. The number of pyridine rings is 1. The van der Waals surface area contributed by atoms with Crippen molar-refractivity contribution in [3.05, 3.63) is 81.7 Å². The Morgan fingerprint density at radius 3 is 2.71 bits per heavy atom. The first-order valence-corrected chi connectivity index (χ1v) is 10.8. The Morgan fingerprint density at radius 2 is 1.87 bits per heavy atom. The second-order valence-corrected chi connectivity index (χ2v) is 8.33. The van der Waals surface area contributed by atoms with Crippen LogP contribution in [0, 0.1) is 0 Å². The van der Waals surface area contributed by atoms with Crippen molar-refractivity contribution in [3.8, 4) is 22.0 Å². The van der Waals surface area contributed by atoms with Crippen molar-refractivity contribution < 1.29 is 9.21 Å². The number of aromatic nitrogens is 3. The highest BCUT2D eigenvalue weighted by Gasteiger charge is 2.18. The largest absolute Gasteiger partial charge is 0.403 e. The van der Waals surface area contributed by atoms with Gasteiger partial charge in [-0.25, -0.2) is 4.98 Å². The van der Waals surface area contributed by atoms with Crippen LogP contribution in [0.4, 0.5) is 6.01 Å². The van der Waals surface area contributed by atoms with Gasteiger partial charge >= 0.3 is 6.01 Å². The summed E-state index contributed by atoms with van der Waals surface area (Å²) >= 11 is 13.8. The number of rotatable bonds is 4. The van der Waals surface area contributed by atoms with E-state index in [1.165, 1.54) is 0 Å². The number of hydrogen-bond acceptors (Lipinski definition) is 6. The third-order valence-electron chi connectivity index (χ3n) is 4.54. The first kappa shape index (κ1) is 19.7. The summed E-state index contributed by atoms with van der Waals surface area (Å²) in [5, 5.41) is 14.1. The van der Waals surface area contributed by atoms with Crippen LogP contribution in [0.1, 0.15) is 10.4 Å². The number of halogens is 2. The van der Waals surface area contributed by atoms with Gasteiger partial charge in [-0.05, 0) is 41.8 Å². The molecule has 5 aromatic rings. The van der Waals surface area contributed by atoms with Gasteiger partial charge in [0.05, 0.1) is 32.2 Å². The summed E-state index contributed by atoms with van der Waals surface area (Å²) in [4.78, 5) is 18.8. The lowest BCUT2D eigenvalue weighted by Gasteiger charge is -2.08. The minimum atomic E-state index is -0.385. The van der Waals surface area contributed by atoms with E-state index in [4.69, 9.17) is 27.6 Å². The number of para-hydroxylation sites is 1. The van der Waals surface area contributed by atoms with Gasteiger partial charge < -0.3 is 4.42 Å². The van der Waals surface area contributed by atoms with E-state index in [1.807, 2.05) is 41.8 Å². The number of nitrogens with one attached hydrogen (secondary N) is 1. The molecule has 1 N–H and O–H groups in total. The fourth-order valence-corrected chi connectivity index (χ4v) is 4.18. The average molecular weight is 467 g/mol. The zero-order chi connectivity index (χ0) is 21.4. The van der Waals surface area contributed by atoms with E-state index in [0.29, 0.717) is 21.2 Å². The molecule has 152 valence electrons.